The van der Waals surface area contributed by atoms with E-state index in [1.165, 1.54) is 4.90 Å². The van der Waals surface area contributed by atoms with Crippen LogP contribution in [0, 0.1) is 11.8 Å². The van der Waals surface area contributed by atoms with Crippen molar-refractivity contribution in [1.82, 2.24) is 15.1 Å². The number of alkyl halides is 3. The molecule has 4 atom stereocenters. The van der Waals surface area contributed by atoms with Crippen molar-refractivity contribution in [2.75, 3.05) is 13.1 Å². The second kappa shape index (κ2) is 6.77. The number of benzene rings is 1. The molecule has 5 rings (SSSR count). The standard InChI is InChI=1S/C21H23F3N4O3/c22-21(23,24)14-6-20(25)10-27(9-15(14)20)7-11-1-2-12-8-28(19(31)13(12)5-11)16-3-4-17(29)26-18(16)30/h1-2,5,14-16H,3-4,6-10,25H2,(H,26,29,30)/t14-,15+,16?,20-/m0/s1. The van der Waals surface area contributed by atoms with E-state index >= 15 is 0 Å². The molecular weight excluding hydrogens is 413 g/mol. The summed E-state index contributed by atoms with van der Waals surface area (Å²) in [6.45, 7) is 1.40. The summed E-state index contributed by atoms with van der Waals surface area (Å²) >= 11 is 0. The van der Waals surface area contributed by atoms with Gasteiger partial charge in [-0.3, -0.25) is 24.6 Å². The van der Waals surface area contributed by atoms with Crippen molar-refractivity contribution in [3.63, 3.8) is 0 Å². The molecule has 3 amide bonds. The number of carbonyl (C=O) groups excluding carboxylic acids is 3. The van der Waals surface area contributed by atoms with Crippen LogP contribution in [0.4, 0.5) is 13.2 Å². The van der Waals surface area contributed by atoms with Gasteiger partial charge in [-0.25, -0.2) is 0 Å². The van der Waals surface area contributed by atoms with E-state index < -0.39 is 35.5 Å². The van der Waals surface area contributed by atoms with Gasteiger partial charge in [-0.1, -0.05) is 12.1 Å². The summed E-state index contributed by atoms with van der Waals surface area (Å²) in [5, 5.41) is 2.27. The molecule has 4 aliphatic rings. The molecule has 3 aliphatic heterocycles. The molecule has 0 radical (unpaired) electrons. The van der Waals surface area contributed by atoms with Crippen molar-refractivity contribution in [3.05, 3.63) is 34.9 Å². The van der Waals surface area contributed by atoms with Crippen LogP contribution in [0.25, 0.3) is 0 Å². The minimum atomic E-state index is -4.22. The number of rotatable bonds is 3. The first-order valence-electron chi connectivity index (χ1n) is 10.4. The Hall–Kier alpha value is -2.46. The fourth-order valence-corrected chi connectivity index (χ4v) is 5.62. The fraction of sp³-hybridized carbons (Fsp3) is 0.571. The molecule has 1 saturated carbocycles. The van der Waals surface area contributed by atoms with Gasteiger partial charge in [0.15, 0.2) is 0 Å². The quantitative estimate of drug-likeness (QED) is 0.694. The highest BCUT2D eigenvalue weighted by Crippen LogP contribution is 2.54. The lowest BCUT2D eigenvalue weighted by Crippen LogP contribution is -2.63. The van der Waals surface area contributed by atoms with E-state index in [-0.39, 0.29) is 31.2 Å². The molecule has 3 heterocycles. The van der Waals surface area contributed by atoms with Crippen LogP contribution in [0.3, 0.4) is 0 Å². The third kappa shape index (κ3) is 3.32. The second-order valence-corrected chi connectivity index (χ2v) is 9.25. The summed E-state index contributed by atoms with van der Waals surface area (Å²) in [5.74, 6) is -2.99. The highest BCUT2D eigenvalue weighted by atomic mass is 19.4. The molecule has 166 valence electrons. The van der Waals surface area contributed by atoms with Gasteiger partial charge >= 0.3 is 6.18 Å². The number of fused-ring (bicyclic) bond motifs is 2. The lowest BCUT2D eigenvalue weighted by molar-refractivity contribution is -0.224. The molecule has 1 aliphatic carbocycles. The molecule has 3 N–H and O–H groups in total. The van der Waals surface area contributed by atoms with E-state index in [1.807, 2.05) is 17.0 Å². The zero-order valence-corrected chi connectivity index (χ0v) is 16.7. The van der Waals surface area contributed by atoms with E-state index in [1.54, 1.807) is 6.07 Å². The largest absolute Gasteiger partial charge is 0.392 e. The highest BCUT2D eigenvalue weighted by Gasteiger charge is 2.64. The van der Waals surface area contributed by atoms with Crippen LogP contribution >= 0.6 is 0 Å². The molecule has 1 unspecified atom stereocenters. The molecule has 31 heavy (non-hydrogen) atoms. The molecule has 1 aromatic rings. The Bertz CT molecular complexity index is 981. The Balaban J connectivity index is 1.28. The molecule has 3 fully saturated rings. The van der Waals surface area contributed by atoms with Crippen molar-refractivity contribution in [3.8, 4) is 0 Å². The van der Waals surface area contributed by atoms with Gasteiger partial charge in [0.2, 0.25) is 11.8 Å². The number of likely N-dealkylation sites (tertiary alicyclic amines) is 1. The normalized spacial score (nSPS) is 33.2. The summed E-state index contributed by atoms with van der Waals surface area (Å²) in [4.78, 5) is 39.9. The summed E-state index contributed by atoms with van der Waals surface area (Å²) in [6.07, 6.45) is -3.77. The van der Waals surface area contributed by atoms with Gasteiger partial charge in [-0.15, -0.1) is 0 Å². The predicted molar refractivity (Wildman–Crippen MR) is 102 cm³/mol. The Morgan fingerprint density at radius 3 is 2.71 bits per heavy atom. The number of nitrogens with zero attached hydrogens (tertiary/aromatic N) is 2. The minimum Gasteiger partial charge on any atom is -0.324 e. The van der Waals surface area contributed by atoms with Gasteiger partial charge in [0.1, 0.15) is 6.04 Å². The van der Waals surface area contributed by atoms with E-state index in [4.69, 9.17) is 5.73 Å². The number of halogens is 3. The van der Waals surface area contributed by atoms with Gasteiger partial charge in [0.25, 0.3) is 5.91 Å². The van der Waals surface area contributed by atoms with Crippen LogP contribution in [0.5, 0.6) is 0 Å². The molecule has 10 heteroatoms. The SMILES string of the molecule is N[C@]12C[C@H](C(F)(F)F)[C@H]1CN(Cc1ccc3c(c1)C(=O)N(C1CCC(=O)NC1=O)C3)C2. The van der Waals surface area contributed by atoms with Crippen LogP contribution in [-0.2, 0) is 22.7 Å². The number of piperidine rings is 1. The first-order chi connectivity index (χ1) is 14.5. The van der Waals surface area contributed by atoms with E-state index in [2.05, 4.69) is 5.32 Å². The highest BCUT2D eigenvalue weighted by molar-refractivity contribution is 6.05. The van der Waals surface area contributed by atoms with E-state index in [9.17, 15) is 27.6 Å². The van der Waals surface area contributed by atoms with Crippen LogP contribution in [0.1, 0.15) is 40.7 Å². The number of hydrogen-bond donors (Lipinski definition) is 2. The van der Waals surface area contributed by atoms with Gasteiger partial charge in [-0.2, -0.15) is 13.2 Å². The molecular formula is C21H23F3N4O3. The second-order valence-electron chi connectivity index (χ2n) is 9.25. The topological polar surface area (TPSA) is 95.7 Å². The molecule has 1 aromatic carbocycles. The first-order valence-corrected chi connectivity index (χ1v) is 10.4. The third-order valence-corrected chi connectivity index (χ3v) is 7.22. The summed E-state index contributed by atoms with van der Waals surface area (Å²) in [7, 11) is 0. The van der Waals surface area contributed by atoms with Crippen LogP contribution in [0.15, 0.2) is 18.2 Å². The van der Waals surface area contributed by atoms with Gasteiger partial charge in [-0.05, 0) is 30.0 Å². The fourth-order valence-electron chi connectivity index (χ4n) is 5.62. The summed E-state index contributed by atoms with van der Waals surface area (Å²) in [6, 6.07) is 4.78. The zero-order valence-electron chi connectivity index (χ0n) is 16.7. The van der Waals surface area contributed by atoms with Gasteiger partial charge in [0.05, 0.1) is 5.92 Å². The number of nitrogens with one attached hydrogen (secondary N) is 1. The number of hydrogen-bond acceptors (Lipinski definition) is 5. The maximum atomic E-state index is 13.1. The maximum absolute atomic E-state index is 13.1. The first kappa shape index (κ1) is 20.4. The Labute approximate surface area is 176 Å². The van der Waals surface area contributed by atoms with Crippen LogP contribution in [0.2, 0.25) is 0 Å². The van der Waals surface area contributed by atoms with E-state index in [0.717, 1.165) is 11.1 Å². The molecule has 0 spiro atoms. The third-order valence-electron chi connectivity index (χ3n) is 7.22. The Morgan fingerprint density at radius 2 is 2.00 bits per heavy atom. The predicted octanol–water partition coefficient (Wildman–Crippen LogP) is 1.16. The van der Waals surface area contributed by atoms with Gasteiger partial charge in [0, 0.05) is 49.6 Å². The summed E-state index contributed by atoms with van der Waals surface area (Å²) < 4.78 is 39.4. The van der Waals surface area contributed by atoms with Crippen molar-refractivity contribution < 1.29 is 27.6 Å². The average molecular weight is 436 g/mol. The lowest BCUT2D eigenvalue weighted by Gasteiger charge is -2.48. The zero-order chi connectivity index (χ0) is 22.1. The monoisotopic (exact) mass is 436 g/mol. The maximum Gasteiger partial charge on any atom is 0.392 e. The number of imide groups is 1. The van der Waals surface area contributed by atoms with Crippen molar-refractivity contribution in [2.24, 2.45) is 17.6 Å². The number of amides is 3. The average Bonchev–Trinajstić information content (AvgIpc) is 3.11. The van der Waals surface area contributed by atoms with Crippen LogP contribution < -0.4 is 11.1 Å². The minimum absolute atomic E-state index is 0.0404. The smallest absolute Gasteiger partial charge is 0.324 e. The summed E-state index contributed by atoms with van der Waals surface area (Å²) in [5.41, 5.74) is 7.54. The van der Waals surface area contributed by atoms with Crippen molar-refractivity contribution in [1.29, 1.82) is 0 Å². The number of carbonyl (C=O) groups is 3. The number of nitrogens with two attached hydrogens (primary N) is 1. The Morgan fingerprint density at radius 1 is 1.23 bits per heavy atom. The molecule has 0 bridgehead atoms. The lowest BCUT2D eigenvalue weighted by atomic mass is 9.61. The van der Waals surface area contributed by atoms with E-state index in [0.29, 0.717) is 31.6 Å². The Kier molecular flexibility index (Phi) is 4.46. The molecule has 0 aromatic heterocycles. The van der Waals surface area contributed by atoms with Gasteiger partial charge < -0.3 is 10.6 Å². The van der Waals surface area contributed by atoms with Crippen LogP contribution in [-0.4, -0.2) is 58.4 Å². The van der Waals surface area contributed by atoms with Crippen molar-refractivity contribution >= 4 is 17.7 Å². The molecule has 2 saturated heterocycles. The van der Waals surface area contributed by atoms with Crippen molar-refractivity contribution in [2.45, 2.75) is 50.1 Å². The molecule has 7 nitrogen and oxygen atoms in total.